The van der Waals surface area contributed by atoms with Crippen LogP contribution in [0.2, 0.25) is 0 Å². The fourth-order valence-corrected chi connectivity index (χ4v) is 1.96. The zero-order valence-corrected chi connectivity index (χ0v) is 12.9. The van der Waals surface area contributed by atoms with Crippen molar-refractivity contribution in [2.45, 2.75) is 5.75 Å². The first-order valence-corrected chi connectivity index (χ1v) is 7.23. The van der Waals surface area contributed by atoms with Crippen LogP contribution < -0.4 is 10.6 Å². The smallest absolute Gasteiger partial charge is 0.238 e. The molecule has 0 aliphatic rings. The van der Waals surface area contributed by atoms with E-state index < -0.39 is 0 Å². The Hall–Kier alpha value is -0.750. The summed E-state index contributed by atoms with van der Waals surface area (Å²) in [6, 6.07) is 7.92. The SMILES string of the molecule is COCCNCC(=O)Nc1ccc(CSC)cc1.Cl. The maximum atomic E-state index is 11.6. The molecule has 0 bridgehead atoms. The van der Waals surface area contributed by atoms with E-state index in [0.29, 0.717) is 19.7 Å². The number of hydrogen-bond donors (Lipinski definition) is 2. The summed E-state index contributed by atoms with van der Waals surface area (Å²) in [6.45, 7) is 1.59. The van der Waals surface area contributed by atoms with E-state index in [-0.39, 0.29) is 18.3 Å². The van der Waals surface area contributed by atoms with Gasteiger partial charge in [0.15, 0.2) is 0 Å². The Kier molecular flexibility index (Phi) is 10.7. The van der Waals surface area contributed by atoms with Crippen molar-refractivity contribution in [3.63, 3.8) is 0 Å². The molecule has 2 N–H and O–H groups in total. The first-order chi connectivity index (χ1) is 8.76. The van der Waals surface area contributed by atoms with Crippen LogP contribution in [0.1, 0.15) is 5.56 Å². The Morgan fingerprint density at radius 2 is 2.00 bits per heavy atom. The molecular weight excluding hydrogens is 284 g/mol. The van der Waals surface area contributed by atoms with Crippen molar-refractivity contribution in [3.05, 3.63) is 29.8 Å². The van der Waals surface area contributed by atoms with Crippen molar-refractivity contribution >= 4 is 35.8 Å². The van der Waals surface area contributed by atoms with Crippen LogP contribution in [0.15, 0.2) is 24.3 Å². The largest absolute Gasteiger partial charge is 0.383 e. The Labute approximate surface area is 125 Å². The second-order valence-corrected chi connectivity index (χ2v) is 4.71. The van der Waals surface area contributed by atoms with E-state index in [1.807, 2.05) is 24.3 Å². The maximum absolute atomic E-state index is 11.6. The quantitative estimate of drug-likeness (QED) is 0.723. The van der Waals surface area contributed by atoms with E-state index in [1.165, 1.54) is 5.56 Å². The van der Waals surface area contributed by atoms with Crippen LogP contribution in [-0.4, -0.2) is 39.0 Å². The van der Waals surface area contributed by atoms with Crippen LogP contribution in [0.3, 0.4) is 0 Å². The van der Waals surface area contributed by atoms with Crippen LogP contribution in [-0.2, 0) is 15.3 Å². The van der Waals surface area contributed by atoms with Gasteiger partial charge in [-0.15, -0.1) is 12.4 Å². The van der Waals surface area contributed by atoms with E-state index in [1.54, 1.807) is 18.9 Å². The number of anilines is 1. The number of benzene rings is 1. The highest BCUT2D eigenvalue weighted by molar-refractivity contribution is 7.97. The highest BCUT2D eigenvalue weighted by Gasteiger charge is 2.01. The van der Waals surface area contributed by atoms with E-state index in [2.05, 4.69) is 16.9 Å². The highest BCUT2D eigenvalue weighted by atomic mass is 35.5. The van der Waals surface area contributed by atoms with E-state index >= 15 is 0 Å². The number of ether oxygens (including phenoxy) is 1. The van der Waals surface area contributed by atoms with Crippen LogP contribution in [0.25, 0.3) is 0 Å². The summed E-state index contributed by atoms with van der Waals surface area (Å²) in [7, 11) is 1.64. The van der Waals surface area contributed by atoms with Crippen molar-refractivity contribution in [3.8, 4) is 0 Å². The first-order valence-electron chi connectivity index (χ1n) is 5.83. The topological polar surface area (TPSA) is 50.4 Å². The predicted octanol–water partition coefficient (Wildman–Crippen LogP) is 2.15. The molecule has 1 amide bonds. The van der Waals surface area contributed by atoms with Crippen molar-refractivity contribution in [1.29, 1.82) is 0 Å². The summed E-state index contributed by atoms with van der Waals surface area (Å²) >= 11 is 1.78. The number of halogens is 1. The molecule has 0 radical (unpaired) electrons. The lowest BCUT2D eigenvalue weighted by Gasteiger charge is -2.07. The highest BCUT2D eigenvalue weighted by Crippen LogP contribution is 2.13. The van der Waals surface area contributed by atoms with Crippen LogP contribution >= 0.6 is 24.2 Å². The molecule has 0 spiro atoms. The number of nitrogens with one attached hydrogen (secondary N) is 2. The van der Waals surface area contributed by atoms with Gasteiger partial charge in [-0.3, -0.25) is 4.79 Å². The minimum atomic E-state index is -0.0382. The number of thioether (sulfide) groups is 1. The third-order valence-electron chi connectivity index (χ3n) is 2.32. The minimum absolute atomic E-state index is 0. The predicted molar refractivity (Wildman–Crippen MR) is 84.3 cm³/mol. The Morgan fingerprint density at radius 3 is 2.58 bits per heavy atom. The first kappa shape index (κ1) is 18.2. The molecule has 0 saturated heterocycles. The molecule has 0 heterocycles. The molecule has 19 heavy (non-hydrogen) atoms. The standard InChI is InChI=1S/C13H20N2O2S.ClH/c1-17-8-7-14-9-13(16)15-12-5-3-11(4-6-12)10-18-2;/h3-6,14H,7-10H2,1-2H3,(H,15,16);1H. The van der Waals surface area contributed by atoms with Gasteiger partial charge in [-0.2, -0.15) is 11.8 Å². The molecule has 0 atom stereocenters. The van der Waals surface area contributed by atoms with Gasteiger partial charge in [0.1, 0.15) is 0 Å². The maximum Gasteiger partial charge on any atom is 0.238 e. The molecule has 0 aromatic heterocycles. The van der Waals surface area contributed by atoms with Gasteiger partial charge in [-0.05, 0) is 24.0 Å². The average Bonchev–Trinajstić information content (AvgIpc) is 2.37. The van der Waals surface area contributed by atoms with Gasteiger partial charge >= 0.3 is 0 Å². The lowest BCUT2D eigenvalue weighted by atomic mass is 10.2. The lowest BCUT2D eigenvalue weighted by Crippen LogP contribution is -2.30. The summed E-state index contributed by atoms with van der Waals surface area (Å²) in [6.07, 6.45) is 2.07. The molecule has 108 valence electrons. The fraction of sp³-hybridized carbons (Fsp3) is 0.462. The average molecular weight is 305 g/mol. The number of carbonyl (C=O) groups is 1. The molecule has 0 fully saturated rings. The summed E-state index contributed by atoms with van der Waals surface area (Å²) in [5.74, 6) is 0.955. The fourth-order valence-electron chi connectivity index (χ4n) is 1.43. The van der Waals surface area contributed by atoms with Gasteiger partial charge in [0.25, 0.3) is 0 Å². The number of rotatable bonds is 8. The zero-order valence-electron chi connectivity index (χ0n) is 11.3. The second kappa shape index (κ2) is 11.1. The molecule has 0 unspecified atom stereocenters. The molecule has 1 aromatic carbocycles. The van der Waals surface area contributed by atoms with Crippen molar-refractivity contribution in [2.75, 3.05) is 38.4 Å². The summed E-state index contributed by atoms with van der Waals surface area (Å²) in [5, 5.41) is 5.84. The summed E-state index contributed by atoms with van der Waals surface area (Å²) in [5.41, 5.74) is 2.09. The lowest BCUT2D eigenvalue weighted by molar-refractivity contribution is -0.115. The van der Waals surface area contributed by atoms with Crippen molar-refractivity contribution in [2.24, 2.45) is 0 Å². The Balaban J connectivity index is 0.00000324. The van der Waals surface area contributed by atoms with Crippen LogP contribution in [0.5, 0.6) is 0 Å². The number of amides is 1. The Morgan fingerprint density at radius 1 is 1.32 bits per heavy atom. The van der Waals surface area contributed by atoms with Gasteiger partial charge in [0.2, 0.25) is 5.91 Å². The molecule has 6 heteroatoms. The molecule has 1 aromatic rings. The molecule has 1 rings (SSSR count). The molecule has 0 saturated carbocycles. The Bertz CT molecular complexity index is 360. The second-order valence-electron chi connectivity index (χ2n) is 3.85. The molecule has 0 aliphatic heterocycles. The van der Waals surface area contributed by atoms with E-state index in [9.17, 15) is 4.79 Å². The third kappa shape index (κ3) is 8.10. The zero-order chi connectivity index (χ0) is 13.2. The summed E-state index contributed by atoms with van der Waals surface area (Å²) in [4.78, 5) is 11.6. The van der Waals surface area contributed by atoms with Crippen LogP contribution in [0.4, 0.5) is 5.69 Å². The van der Waals surface area contributed by atoms with Gasteiger partial charge < -0.3 is 15.4 Å². The molecule has 0 aliphatic carbocycles. The molecule has 4 nitrogen and oxygen atoms in total. The van der Waals surface area contributed by atoms with Gasteiger partial charge in [0.05, 0.1) is 13.2 Å². The third-order valence-corrected chi connectivity index (χ3v) is 2.94. The van der Waals surface area contributed by atoms with Crippen LogP contribution in [0, 0.1) is 0 Å². The van der Waals surface area contributed by atoms with Gasteiger partial charge in [-0.1, -0.05) is 12.1 Å². The minimum Gasteiger partial charge on any atom is -0.383 e. The van der Waals surface area contributed by atoms with Crippen molar-refractivity contribution in [1.82, 2.24) is 5.32 Å². The van der Waals surface area contributed by atoms with E-state index in [0.717, 1.165) is 11.4 Å². The normalized spacial score (nSPS) is 9.79. The summed E-state index contributed by atoms with van der Waals surface area (Å²) < 4.78 is 4.88. The number of carbonyl (C=O) groups excluding carboxylic acids is 1. The van der Waals surface area contributed by atoms with Gasteiger partial charge in [-0.25, -0.2) is 0 Å². The molecular formula is C13H21ClN2O2S. The number of hydrogen-bond acceptors (Lipinski definition) is 4. The monoisotopic (exact) mass is 304 g/mol. The van der Waals surface area contributed by atoms with Gasteiger partial charge in [0, 0.05) is 25.1 Å². The van der Waals surface area contributed by atoms with E-state index in [4.69, 9.17) is 4.74 Å². The number of methoxy groups -OCH3 is 1. The van der Waals surface area contributed by atoms with Crippen molar-refractivity contribution < 1.29 is 9.53 Å².